The SMILES string of the molecule is CCN(CC)c1cncc(C(=O)Nc2ccc(NC(C)=O)cc2)c1. The molecule has 0 spiro atoms. The summed E-state index contributed by atoms with van der Waals surface area (Å²) < 4.78 is 0. The van der Waals surface area contributed by atoms with Crippen LogP contribution in [0.15, 0.2) is 42.7 Å². The van der Waals surface area contributed by atoms with Crippen molar-refractivity contribution >= 4 is 28.9 Å². The number of hydrogen-bond acceptors (Lipinski definition) is 4. The minimum absolute atomic E-state index is 0.133. The van der Waals surface area contributed by atoms with Crippen molar-refractivity contribution < 1.29 is 9.59 Å². The molecule has 2 N–H and O–H groups in total. The van der Waals surface area contributed by atoms with Gasteiger partial charge in [-0.2, -0.15) is 0 Å². The van der Waals surface area contributed by atoms with Crippen LogP contribution < -0.4 is 15.5 Å². The Bertz CT molecular complexity index is 709. The fourth-order valence-electron chi connectivity index (χ4n) is 2.36. The molecule has 1 aromatic heterocycles. The number of aromatic nitrogens is 1. The quantitative estimate of drug-likeness (QED) is 0.855. The summed E-state index contributed by atoms with van der Waals surface area (Å²) in [6, 6.07) is 8.79. The molecular formula is C18H22N4O2. The standard InChI is InChI=1S/C18H22N4O2/c1-4-22(5-2)17-10-14(11-19-12-17)18(24)21-16-8-6-15(7-9-16)20-13(3)23/h6-12H,4-5H2,1-3H3,(H,20,23)(H,21,24). The van der Waals surface area contributed by atoms with Gasteiger partial charge in [0.05, 0.1) is 17.4 Å². The molecule has 126 valence electrons. The van der Waals surface area contributed by atoms with Crippen molar-refractivity contribution in [2.45, 2.75) is 20.8 Å². The van der Waals surface area contributed by atoms with E-state index in [0.717, 1.165) is 18.8 Å². The van der Waals surface area contributed by atoms with Gasteiger partial charge in [-0.1, -0.05) is 0 Å². The Labute approximate surface area is 141 Å². The van der Waals surface area contributed by atoms with Crippen LogP contribution in [0.1, 0.15) is 31.1 Å². The Kier molecular flexibility index (Phi) is 5.89. The van der Waals surface area contributed by atoms with Crippen molar-refractivity contribution in [3.8, 4) is 0 Å². The Hall–Kier alpha value is -2.89. The number of anilines is 3. The second-order valence-corrected chi connectivity index (χ2v) is 5.32. The smallest absolute Gasteiger partial charge is 0.257 e. The monoisotopic (exact) mass is 326 g/mol. The van der Waals surface area contributed by atoms with E-state index in [0.29, 0.717) is 16.9 Å². The maximum Gasteiger partial charge on any atom is 0.257 e. The lowest BCUT2D eigenvalue weighted by molar-refractivity contribution is -0.114. The van der Waals surface area contributed by atoms with E-state index in [1.165, 1.54) is 6.92 Å². The zero-order chi connectivity index (χ0) is 17.5. The molecule has 2 amide bonds. The second-order valence-electron chi connectivity index (χ2n) is 5.32. The van der Waals surface area contributed by atoms with E-state index < -0.39 is 0 Å². The summed E-state index contributed by atoms with van der Waals surface area (Å²) >= 11 is 0. The van der Waals surface area contributed by atoms with Crippen LogP contribution in [-0.4, -0.2) is 29.9 Å². The van der Waals surface area contributed by atoms with Gasteiger partial charge in [-0.05, 0) is 44.2 Å². The van der Waals surface area contributed by atoms with Gasteiger partial charge < -0.3 is 15.5 Å². The first kappa shape index (κ1) is 17.5. The summed E-state index contributed by atoms with van der Waals surface area (Å²) in [6.07, 6.45) is 3.31. The Morgan fingerprint density at radius 1 is 1.00 bits per heavy atom. The van der Waals surface area contributed by atoms with Gasteiger partial charge in [0, 0.05) is 37.6 Å². The van der Waals surface area contributed by atoms with Crippen LogP contribution in [0.2, 0.25) is 0 Å². The van der Waals surface area contributed by atoms with Gasteiger partial charge in [-0.3, -0.25) is 14.6 Å². The topological polar surface area (TPSA) is 74.3 Å². The fourth-order valence-corrected chi connectivity index (χ4v) is 2.36. The van der Waals surface area contributed by atoms with Gasteiger partial charge in [0.25, 0.3) is 5.91 Å². The molecule has 2 rings (SSSR count). The van der Waals surface area contributed by atoms with E-state index in [2.05, 4.69) is 34.4 Å². The van der Waals surface area contributed by atoms with Crippen LogP contribution in [0.3, 0.4) is 0 Å². The van der Waals surface area contributed by atoms with E-state index in [-0.39, 0.29) is 11.8 Å². The lowest BCUT2D eigenvalue weighted by Crippen LogP contribution is -2.22. The Morgan fingerprint density at radius 2 is 1.58 bits per heavy atom. The molecule has 1 aromatic carbocycles. The number of benzene rings is 1. The van der Waals surface area contributed by atoms with Crippen molar-refractivity contribution in [2.24, 2.45) is 0 Å². The largest absolute Gasteiger partial charge is 0.371 e. The third-order valence-corrected chi connectivity index (χ3v) is 3.58. The molecule has 0 aliphatic carbocycles. The molecule has 6 nitrogen and oxygen atoms in total. The zero-order valence-corrected chi connectivity index (χ0v) is 14.2. The molecule has 0 unspecified atom stereocenters. The average molecular weight is 326 g/mol. The normalized spacial score (nSPS) is 10.1. The van der Waals surface area contributed by atoms with Crippen molar-refractivity contribution in [1.29, 1.82) is 0 Å². The van der Waals surface area contributed by atoms with Gasteiger partial charge in [-0.15, -0.1) is 0 Å². The fraction of sp³-hybridized carbons (Fsp3) is 0.278. The highest BCUT2D eigenvalue weighted by Gasteiger charge is 2.10. The van der Waals surface area contributed by atoms with E-state index in [4.69, 9.17) is 0 Å². The molecule has 2 aromatic rings. The summed E-state index contributed by atoms with van der Waals surface area (Å²) in [6.45, 7) is 7.28. The van der Waals surface area contributed by atoms with Crippen molar-refractivity contribution in [3.05, 3.63) is 48.3 Å². The van der Waals surface area contributed by atoms with Crippen LogP contribution in [0, 0.1) is 0 Å². The number of nitrogens with zero attached hydrogens (tertiary/aromatic N) is 2. The maximum atomic E-state index is 12.4. The lowest BCUT2D eigenvalue weighted by Gasteiger charge is -2.20. The van der Waals surface area contributed by atoms with Crippen LogP contribution in [0.4, 0.5) is 17.1 Å². The number of pyridine rings is 1. The molecule has 0 fully saturated rings. The predicted molar refractivity (Wildman–Crippen MR) is 96.5 cm³/mol. The second kappa shape index (κ2) is 8.10. The number of hydrogen-bond donors (Lipinski definition) is 2. The minimum Gasteiger partial charge on any atom is -0.371 e. The van der Waals surface area contributed by atoms with E-state index in [1.807, 2.05) is 6.07 Å². The van der Waals surface area contributed by atoms with Crippen LogP contribution in [0.25, 0.3) is 0 Å². The average Bonchev–Trinajstić information content (AvgIpc) is 2.57. The molecule has 0 aliphatic heterocycles. The molecule has 0 saturated carbocycles. The summed E-state index contributed by atoms with van der Waals surface area (Å²) in [5.41, 5.74) is 2.77. The maximum absolute atomic E-state index is 12.4. The van der Waals surface area contributed by atoms with Crippen molar-refractivity contribution in [2.75, 3.05) is 28.6 Å². The molecule has 0 bridgehead atoms. The van der Waals surface area contributed by atoms with Crippen molar-refractivity contribution in [1.82, 2.24) is 4.98 Å². The van der Waals surface area contributed by atoms with Gasteiger partial charge >= 0.3 is 0 Å². The summed E-state index contributed by atoms with van der Waals surface area (Å²) in [5, 5.41) is 5.51. The number of carbonyl (C=O) groups is 2. The summed E-state index contributed by atoms with van der Waals surface area (Å²) in [4.78, 5) is 29.7. The molecule has 24 heavy (non-hydrogen) atoms. The first-order chi connectivity index (χ1) is 11.5. The molecule has 0 radical (unpaired) electrons. The van der Waals surface area contributed by atoms with E-state index >= 15 is 0 Å². The Balaban J connectivity index is 2.09. The van der Waals surface area contributed by atoms with Crippen molar-refractivity contribution in [3.63, 3.8) is 0 Å². The van der Waals surface area contributed by atoms with Gasteiger partial charge in [0.1, 0.15) is 0 Å². The number of nitrogens with one attached hydrogen (secondary N) is 2. The molecule has 0 saturated heterocycles. The number of amides is 2. The Morgan fingerprint density at radius 3 is 2.12 bits per heavy atom. The highest BCUT2D eigenvalue weighted by molar-refractivity contribution is 6.04. The molecule has 1 heterocycles. The summed E-state index contributed by atoms with van der Waals surface area (Å²) in [5.74, 6) is -0.352. The molecule has 6 heteroatoms. The van der Waals surface area contributed by atoms with E-state index in [1.54, 1.807) is 36.7 Å². The first-order valence-electron chi connectivity index (χ1n) is 7.92. The lowest BCUT2D eigenvalue weighted by atomic mass is 10.2. The molecular weight excluding hydrogens is 304 g/mol. The third-order valence-electron chi connectivity index (χ3n) is 3.58. The minimum atomic E-state index is -0.219. The van der Waals surface area contributed by atoms with E-state index in [9.17, 15) is 9.59 Å². The van der Waals surface area contributed by atoms with Crippen LogP contribution in [-0.2, 0) is 4.79 Å². The zero-order valence-electron chi connectivity index (χ0n) is 14.2. The highest BCUT2D eigenvalue weighted by atomic mass is 16.2. The van der Waals surface area contributed by atoms with Gasteiger partial charge in [0.15, 0.2) is 0 Å². The number of carbonyl (C=O) groups excluding carboxylic acids is 2. The van der Waals surface area contributed by atoms with Crippen LogP contribution in [0.5, 0.6) is 0 Å². The summed E-state index contributed by atoms with van der Waals surface area (Å²) in [7, 11) is 0. The first-order valence-corrected chi connectivity index (χ1v) is 7.92. The van der Waals surface area contributed by atoms with Gasteiger partial charge in [-0.25, -0.2) is 0 Å². The molecule has 0 aliphatic rings. The molecule has 0 atom stereocenters. The third kappa shape index (κ3) is 4.55. The highest BCUT2D eigenvalue weighted by Crippen LogP contribution is 2.17. The van der Waals surface area contributed by atoms with Crippen LogP contribution >= 0.6 is 0 Å². The van der Waals surface area contributed by atoms with Gasteiger partial charge in [0.2, 0.25) is 5.91 Å². The number of rotatable bonds is 6. The predicted octanol–water partition coefficient (Wildman–Crippen LogP) is 3.14.